The molecular weight excluding hydrogens is 552 g/mol. The topological polar surface area (TPSA) is 43.5 Å². The fourth-order valence-electron chi connectivity index (χ4n) is 7.94. The molecule has 0 saturated carbocycles. The van der Waals surface area contributed by atoms with Crippen LogP contribution in [0.5, 0.6) is 0 Å². The zero-order valence-electron chi connectivity index (χ0n) is 26.4. The van der Waals surface area contributed by atoms with E-state index in [-0.39, 0.29) is 17.3 Å². The number of rotatable bonds is 7. The van der Waals surface area contributed by atoms with E-state index in [0.717, 1.165) is 17.8 Å². The highest BCUT2D eigenvalue weighted by atomic mass is 16.4. The minimum absolute atomic E-state index is 0.0705. The van der Waals surface area contributed by atoms with Crippen molar-refractivity contribution >= 4 is 44.6 Å². The molecule has 0 spiro atoms. The molecule has 1 unspecified atom stereocenters. The van der Waals surface area contributed by atoms with E-state index in [4.69, 9.17) is 0 Å². The molecule has 45 heavy (non-hydrogen) atoms. The summed E-state index contributed by atoms with van der Waals surface area (Å²) in [6.07, 6.45) is 7.62. The van der Waals surface area contributed by atoms with Gasteiger partial charge >= 0.3 is 5.97 Å². The molecular formula is C41H39N2O2+. The van der Waals surface area contributed by atoms with Gasteiger partial charge in [0.25, 0.3) is 0 Å². The summed E-state index contributed by atoms with van der Waals surface area (Å²) in [6, 6.07) is 36.8. The monoisotopic (exact) mass is 591 g/mol. The third-order valence-corrected chi connectivity index (χ3v) is 9.96. The molecule has 1 atom stereocenters. The van der Waals surface area contributed by atoms with Crippen LogP contribution >= 0.6 is 0 Å². The van der Waals surface area contributed by atoms with Gasteiger partial charge < -0.3 is 10.0 Å². The molecule has 4 heteroatoms. The second kappa shape index (κ2) is 10.9. The molecule has 2 aliphatic heterocycles. The van der Waals surface area contributed by atoms with Gasteiger partial charge in [-0.2, -0.15) is 4.58 Å². The lowest BCUT2D eigenvalue weighted by molar-refractivity contribution is -0.436. The maximum atomic E-state index is 11.7. The number of fused-ring (bicyclic) bond motifs is 6. The van der Waals surface area contributed by atoms with Gasteiger partial charge in [0.15, 0.2) is 12.3 Å². The van der Waals surface area contributed by atoms with Gasteiger partial charge in [-0.1, -0.05) is 91.0 Å². The lowest BCUT2D eigenvalue weighted by Crippen LogP contribution is -2.29. The van der Waals surface area contributed by atoms with Crippen LogP contribution in [0.1, 0.15) is 43.9 Å². The van der Waals surface area contributed by atoms with E-state index in [0.29, 0.717) is 6.54 Å². The second-order valence-electron chi connectivity index (χ2n) is 13.1. The summed E-state index contributed by atoms with van der Waals surface area (Å²) in [5.74, 6) is -0.790. The number of likely N-dealkylation sites (N-methyl/N-ethyl adjacent to an activating group) is 1. The van der Waals surface area contributed by atoms with Crippen molar-refractivity contribution in [2.45, 2.75) is 44.4 Å². The van der Waals surface area contributed by atoms with Crippen molar-refractivity contribution in [1.82, 2.24) is 0 Å². The highest BCUT2D eigenvalue weighted by Gasteiger charge is 2.46. The summed E-state index contributed by atoms with van der Waals surface area (Å²) in [5.41, 5.74) is 8.04. The van der Waals surface area contributed by atoms with Crippen LogP contribution in [-0.2, 0) is 22.0 Å². The lowest BCUT2D eigenvalue weighted by atomic mass is 9.74. The van der Waals surface area contributed by atoms with Crippen LogP contribution < -0.4 is 4.90 Å². The van der Waals surface area contributed by atoms with Gasteiger partial charge in [-0.25, -0.2) is 0 Å². The Morgan fingerprint density at radius 2 is 1.42 bits per heavy atom. The van der Waals surface area contributed by atoms with Crippen LogP contribution in [0, 0.1) is 0 Å². The Labute approximate surface area is 265 Å². The van der Waals surface area contributed by atoms with E-state index in [2.05, 4.69) is 159 Å². The molecule has 0 amide bonds. The van der Waals surface area contributed by atoms with Crippen molar-refractivity contribution in [3.05, 3.63) is 144 Å². The first-order valence-electron chi connectivity index (χ1n) is 15.8. The lowest BCUT2D eigenvalue weighted by Gasteiger charge is -2.29. The SMILES string of the molecule is CN1/C(=C/C=C/C2=[N+](CCC(=O)O)c3ccc4ccccc4c3C2(C)C)C(C)(Cc2ccccc2)c2c1ccc1ccccc21. The van der Waals surface area contributed by atoms with Gasteiger partial charge in [0.2, 0.25) is 5.69 Å². The average Bonchev–Trinajstić information content (AvgIpc) is 3.39. The summed E-state index contributed by atoms with van der Waals surface area (Å²) in [4.78, 5) is 14.1. The van der Waals surface area contributed by atoms with Crippen molar-refractivity contribution in [1.29, 1.82) is 0 Å². The first-order valence-corrected chi connectivity index (χ1v) is 15.8. The number of carboxylic acids is 1. The minimum Gasteiger partial charge on any atom is -0.481 e. The summed E-state index contributed by atoms with van der Waals surface area (Å²) in [5, 5.41) is 14.6. The van der Waals surface area contributed by atoms with Gasteiger partial charge in [-0.15, -0.1) is 0 Å². The van der Waals surface area contributed by atoms with Crippen LogP contribution in [-0.4, -0.2) is 35.0 Å². The number of carbonyl (C=O) groups is 1. The number of anilines is 1. The van der Waals surface area contributed by atoms with E-state index in [1.807, 2.05) is 0 Å². The smallest absolute Gasteiger partial charge is 0.309 e. The van der Waals surface area contributed by atoms with Gasteiger partial charge in [-0.05, 0) is 78.1 Å². The molecule has 224 valence electrons. The molecule has 0 bridgehead atoms. The van der Waals surface area contributed by atoms with E-state index in [9.17, 15) is 9.90 Å². The summed E-state index contributed by atoms with van der Waals surface area (Å²) < 4.78 is 2.22. The molecule has 0 aliphatic carbocycles. The van der Waals surface area contributed by atoms with Gasteiger partial charge in [0.05, 0.1) is 5.41 Å². The normalized spacial score (nSPS) is 19.6. The fraction of sp³-hybridized carbons (Fsp3) is 0.220. The van der Waals surface area contributed by atoms with E-state index in [1.165, 1.54) is 49.6 Å². The van der Waals surface area contributed by atoms with Crippen molar-refractivity contribution in [2.75, 3.05) is 18.5 Å². The Morgan fingerprint density at radius 1 is 0.800 bits per heavy atom. The number of aliphatic carboxylic acids is 1. The Balaban J connectivity index is 1.36. The van der Waals surface area contributed by atoms with Gasteiger partial charge in [0.1, 0.15) is 6.42 Å². The molecule has 1 N–H and O–H groups in total. The fourth-order valence-corrected chi connectivity index (χ4v) is 7.94. The molecule has 5 aromatic carbocycles. The first kappa shape index (κ1) is 28.8. The number of benzene rings is 5. The molecule has 4 nitrogen and oxygen atoms in total. The Morgan fingerprint density at radius 3 is 2.11 bits per heavy atom. The zero-order valence-corrected chi connectivity index (χ0v) is 26.4. The number of nitrogens with zero attached hydrogens (tertiary/aromatic N) is 2. The second-order valence-corrected chi connectivity index (χ2v) is 13.1. The van der Waals surface area contributed by atoms with Crippen molar-refractivity contribution in [3.63, 3.8) is 0 Å². The Kier molecular flexibility index (Phi) is 6.96. The Bertz CT molecular complexity index is 2070. The van der Waals surface area contributed by atoms with Crippen LogP contribution in [0.3, 0.4) is 0 Å². The van der Waals surface area contributed by atoms with Crippen LogP contribution in [0.15, 0.2) is 127 Å². The molecule has 0 radical (unpaired) electrons. The van der Waals surface area contributed by atoms with Crippen LogP contribution in [0.2, 0.25) is 0 Å². The quantitative estimate of drug-likeness (QED) is 0.192. The largest absolute Gasteiger partial charge is 0.481 e. The standard InChI is InChI=1S/C41H38N2O2/c1-40(2)35(43(26-25-37(44)45)34-24-22-29-15-8-10-17-31(29)38(34)40)19-12-20-36-41(3,27-28-13-6-5-7-14-28)39-32-18-11-9-16-30(32)21-23-33(39)42(36)4/h5-24H,25-27H2,1-4H3/p+1. The molecule has 2 aliphatic rings. The summed E-state index contributed by atoms with van der Waals surface area (Å²) in [7, 11) is 2.18. The van der Waals surface area contributed by atoms with Gasteiger partial charge in [0, 0.05) is 41.6 Å². The maximum absolute atomic E-state index is 11.7. The minimum atomic E-state index is -0.790. The number of hydrogen-bond acceptors (Lipinski definition) is 2. The summed E-state index contributed by atoms with van der Waals surface area (Å²) in [6.45, 7) is 7.32. The number of hydrogen-bond donors (Lipinski definition) is 1. The predicted octanol–water partition coefficient (Wildman–Crippen LogP) is 8.93. The average molecular weight is 592 g/mol. The van der Waals surface area contributed by atoms with Crippen molar-refractivity contribution in [3.8, 4) is 0 Å². The molecule has 2 heterocycles. The first-order chi connectivity index (χ1) is 21.7. The van der Waals surface area contributed by atoms with Crippen molar-refractivity contribution in [2.24, 2.45) is 0 Å². The number of allylic oxidation sites excluding steroid dienone is 4. The molecule has 5 aromatic rings. The van der Waals surface area contributed by atoms with E-state index in [1.54, 1.807) is 0 Å². The highest BCUT2D eigenvalue weighted by Crippen LogP contribution is 2.52. The molecule has 7 rings (SSSR count). The molecule has 0 fully saturated rings. The maximum Gasteiger partial charge on any atom is 0.309 e. The van der Waals surface area contributed by atoms with Crippen molar-refractivity contribution < 1.29 is 14.5 Å². The Hall–Kier alpha value is -4.96. The van der Waals surface area contributed by atoms with E-state index >= 15 is 0 Å². The van der Waals surface area contributed by atoms with Crippen LogP contribution in [0.25, 0.3) is 21.5 Å². The third-order valence-electron chi connectivity index (χ3n) is 9.96. The summed E-state index contributed by atoms with van der Waals surface area (Å²) >= 11 is 0. The third kappa shape index (κ3) is 4.67. The van der Waals surface area contributed by atoms with Crippen LogP contribution in [0.4, 0.5) is 11.4 Å². The predicted molar refractivity (Wildman–Crippen MR) is 186 cm³/mol. The molecule has 0 saturated heterocycles. The zero-order chi connectivity index (χ0) is 31.3. The molecule has 0 aromatic heterocycles. The van der Waals surface area contributed by atoms with E-state index < -0.39 is 5.97 Å². The number of carboxylic acid groups (broad SMARTS) is 1. The van der Waals surface area contributed by atoms with Gasteiger partial charge in [-0.3, -0.25) is 4.79 Å². The highest BCUT2D eigenvalue weighted by molar-refractivity contribution is 6.07.